The van der Waals surface area contributed by atoms with Gasteiger partial charge in [0.1, 0.15) is 6.04 Å². The summed E-state index contributed by atoms with van der Waals surface area (Å²) in [6, 6.07) is 1.57. The minimum atomic E-state index is -0.466. The quantitative estimate of drug-likeness (QED) is 0.734. The van der Waals surface area contributed by atoms with E-state index in [0.29, 0.717) is 6.54 Å². The van der Waals surface area contributed by atoms with Gasteiger partial charge in [0.15, 0.2) is 0 Å². The third kappa shape index (κ3) is 4.58. The first-order valence-corrected chi connectivity index (χ1v) is 7.56. The molecule has 1 unspecified atom stereocenters. The Kier molecular flexibility index (Phi) is 4.98. The Labute approximate surface area is 125 Å². The number of aryl methyl sites for hydroxylation is 3. The van der Waals surface area contributed by atoms with Gasteiger partial charge in [-0.1, -0.05) is 0 Å². The molecule has 6 nitrogen and oxygen atoms in total. The van der Waals surface area contributed by atoms with Crippen LogP contribution in [0.3, 0.4) is 0 Å². The number of amides is 2. The summed E-state index contributed by atoms with van der Waals surface area (Å²) in [6.45, 7) is 7.07. The van der Waals surface area contributed by atoms with Crippen molar-refractivity contribution in [2.24, 2.45) is 5.92 Å². The first kappa shape index (κ1) is 15.5. The second kappa shape index (κ2) is 6.74. The van der Waals surface area contributed by atoms with E-state index < -0.39 is 6.04 Å². The van der Waals surface area contributed by atoms with E-state index in [2.05, 4.69) is 15.7 Å². The second-order valence-electron chi connectivity index (χ2n) is 5.80. The van der Waals surface area contributed by atoms with Crippen LogP contribution in [0.25, 0.3) is 0 Å². The summed E-state index contributed by atoms with van der Waals surface area (Å²) in [5.41, 5.74) is 2.14. The SMILES string of the molecule is Cc1cc(C)n(CCCNC(=O)C(C)NC(=O)C2CC2)n1. The van der Waals surface area contributed by atoms with Gasteiger partial charge in [0, 0.05) is 24.7 Å². The number of nitrogens with one attached hydrogen (secondary N) is 2. The number of rotatable bonds is 7. The maximum absolute atomic E-state index is 11.9. The molecule has 2 amide bonds. The van der Waals surface area contributed by atoms with Crippen LogP contribution in [0.2, 0.25) is 0 Å². The Bertz CT molecular complexity index is 520. The van der Waals surface area contributed by atoms with Crippen LogP contribution in [0.4, 0.5) is 0 Å². The minimum absolute atomic E-state index is 0.000270. The molecule has 1 aromatic heterocycles. The van der Waals surface area contributed by atoms with Crippen molar-refractivity contribution in [1.29, 1.82) is 0 Å². The smallest absolute Gasteiger partial charge is 0.242 e. The maximum atomic E-state index is 11.9. The van der Waals surface area contributed by atoms with E-state index in [4.69, 9.17) is 0 Å². The van der Waals surface area contributed by atoms with Crippen molar-refractivity contribution in [2.45, 2.75) is 52.6 Å². The van der Waals surface area contributed by atoms with Gasteiger partial charge in [-0.05, 0) is 46.1 Å². The van der Waals surface area contributed by atoms with Gasteiger partial charge in [0.05, 0.1) is 5.69 Å². The summed E-state index contributed by atoms with van der Waals surface area (Å²) < 4.78 is 1.94. The summed E-state index contributed by atoms with van der Waals surface area (Å²) in [6.07, 6.45) is 2.71. The highest BCUT2D eigenvalue weighted by molar-refractivity contribution is 5.88. The fourth-order valence-corrected chi connectivity index (χ4v) is 2.24. The lowest BCUT2D eigenvalue weighted by atomic mass is 10.2. The first-order chi connectivity index (χ1) is 9.97. The molecule has 1 aromatic rings. The summed E-state index contributed by atoms with van der Waals surface area (Å²) in [7, 11) is 0. The molecule has 0 aliphatic heterocycles. The zero-order chi connectivity index (χ0) is 15.4. The lowest BCUT2D eigenvalue weighted by Gasteiger charge is -2.14. The van der Waals surface area contributed by atoms with Gasteiger partial charge in [-0.15, -0.1) is 0 Å². The third-order valence-corrected chi connectivity index (χ3v) is 3.65. The van der Waals surface area contributed by atoms with Crippen molar-refractivity contribution in [3.8, 4) is 0 Å². The largest absolute Gasteiger partial charge is 0.354 e. The zero-order valence-electron chi connectivity index (χ0n) is 13.0. The highest BCUT2D eigenvalue weighted by atomic mass is 16.2. The van der Waals surface area contributed by atoms with Crippen molar-refractivity contribution < 1.29 is 9.59 Å². The number of nitrogens with zero attached hydrogens (tertiary/aromatic N) is 2. The average molecular weight is 292 g/mol. The number of carbonyl (C=O) groups excluding carboxylic acids is 2. The van der Waals surface area contributed by atoms with Crippen LogP contribution in [0.1, 0.15) is 37.6 Å². The Morgan fingerprint density at radius 3 is 2.71 bits per heavy atom. The molecular formula is C15H24N4O2. The summed E-state index contributed by atoms with van der Waals surface area (Å²) in [5, 5.41) is 9.97. The lowest BCUT2D eigenvalue weighted by molar-refractivity contribution is -0.129. The van der Waals surface area contributed by atoms with Crippen molar-refractivity contribution >= 4 is 11.8 Å². The third-order valence-electron chi connectivity index (χ3n) is 3.65. The lowest BCUT2D eigenvalue weighted by Crippen LogP contribution is -2.45. The normalized spacial score (nSPS) is 15.6. The topological polar surface area (TPSA) is 76.0 Å². The summed E-state index contributed by atoms with van der Waals surface area (Å²) in [5.74, 6) is 0.00365. The minimum Gasteiger partial charge on any atom is -0.354 e. The van der Waals surface area contributed by atoms with Crippen molar-refractivity contribution in [2.75, 3.05) is 6.54 Å². The van der Waals surface area contributed by atoms with Gasteiger partial charge in [-0.2, -0.15) is 5.10 Å². The predicted octanol–water partition coefficient (Wildman–Crippen LogP) is 0.921. The van der Waals surface area contributed by atoms with Crippen LogP contribution in [0, 0.1) is 19.8 Å². The molecule has 2 rings (SSSR count). The Hall–Kier alpha value is -1.85. The molecule has 1 atom stereocenters. The molecule has 0 bridgehead atoms. The Morgan fingerprint density at radius 1 is 1.43 bits per heavy atom. The van der Waals surface area contributed by atoms with Gasteiger partial charge in [-0.25, -0.2) is 0 Å². The van der Waals surface area contributed by atoms with Gasteiger partial charge >= 0.3 is 0 Å². The molecule has 0 saturated heterocycles. The predicted molar refractivity (Wildman–Crippen MR) is 79.7 cm³/mol. The fraction of sp³-hybridized carbons (Fsp3) is 0.667. The van der Waals surface area contributed by atoms with E-state index in [-0.39, 0.29) is 17.7 Å². The monoisotopic (exact) mass is 292 g/mol. The van der Waals surface area contributed by atoms with Crippen LogP contribution in [0.5, 0.6) is 0 Å². The highest BCUT2D eigenvalue weighted by Crippen LogP contribution is 2.28. The molecule has 21 heavy (non-hydrogen) atoms. The van der Waals surface area contributed by atoms with E-state index in [1.54, 1.807) is 6.92 Å². The van der Waals surface area contributed by atoms with E-state index in [1.807, 2.05) is 24.6 Å². The molecule has 116 valence electrons. The molecule has 1 aliphatic rings. The van der Waals surface area contributed by atoms with E-state index in [0.717, 1.165) is 37.2 Å². The number of aromatic nitrogens is 2. The first-order valence-electron chi connectivity index (χ1n) is 7.56. The van der Waals surface area contributed by atoms with Crippen LogP contribution < -0.4 is 10.6 Å². The number of hydrogen-bond donors (Lipinski definition) is 2. The molecule has 1 heterocycles. The Balaban J connectivity index is 1.64. The Morgan fingerprint density at radius 2 is 2.14 bits per heavy atom. The van der Waals surface area contributed by atoms with E-state index >= 15 is 0 Å². The molecular weight excluding hydrogens is 268 g/mol. The van der Waals surface area contributed by atoms with Crippen molar-refractivity contribution in [3.63, 3.8) is 0 Å². The van der Waals surface area contributed by atoms with Gasteiger partial charge in [0.25, 0.3) is 0 Å². The molecule has 2 N–H and O–H groups in total. The van der Waals surface area contributed by atoms with Crippen LogP contribution >= 0.6 is 0 Å². The summed E-state index contributed by atoms with van der Waals surface area (Å²) >= 11 is 0. The summed E-state index contributed by atoms with van der Waals surface area (Å²) in [4.78, 5) is 23.4. The zero-order valence-corrected chi connectivity index (χ0v) is 13.0. The number of hydrogen-bond acceptors (Lipinski definition) is 3. The standard InChI is InChI=1S/C15H24N4O2/c1-10-9-11(2)19(18-10)8-4-7-16-14(20)12(3)17-15(21)13-5-6-13/h9,12-13H,4-8H2,1-3H3,(H,16,20)(H,17,21). The van der Waals surface area contributed by atoms with Crippen LogP contribution in [-0.4, -0.2) is 34.2 Å². The fourth-order valence-electron chi connectivity index (χ4n) is 2.24. The number of carbonyl (C=O) groups is 2. The second-order valence-corrected chi connectivity index (χ2v) is 5.80. The molecule has 1 aliphatic carbocycles. The molecule has 1 saturated carbocycles. The molecule has 0 radical (unpaired) electrons. The van der Waals surface area contributed by atoms with Crippen LogP contribution in [0.15, 0.2) is 6.07 Å². The maximum Gasteiger partial charge on any atom is 0.242 e. The van der Waals surface area contributed by atoms with Gasteiger partial charge < -0.3 is 10.6 Å². The van der Waals surface area contributed by atoms with Crippen LogP contribution in [-0.2, 0) is 16.1 Å². The average Bonchev–Trinajstić information content (AvgIpc) is 3.21. The molecule has 0 aromatic carbocycles. The van der Waals surface area contributed by atoms with E-state index in [9.17, 15) is 9.59 Å². The van der Waals surface area contributed by atoms with Crippen molar-refractivity contribution in [1.82, 2.24) is 20.4 Å². The molecule has 1 fully saturated rings. The molecule has 6 heteroatoms. The highest BCUT2D eigenvalue weighted by Gasteiger charge is 2.31. The van der Waals surface area contributed by atoms with E-state index in [1.165, 1.54) is 0 Å². The van der Waals surface area contributed by atoms with Crippen molar-refractivity contribution in [3.05, 3.63) is 17.5 Å². The van der Waals surface area contributed by atoms with Gasteiger partial charge in [-0.3, -0.25) is 14.3 Å². The molecule has 0 spiro atoms. The van der Waals surface area contributed by atoms with Gasteiger partial charge in [0.2, 0.25) is 11.8 Å².